The van der Waals surface area contributed by atoms with E-state index in [-0.39, 0.29) is 11.5 Å². The van der Waals surface area contributed by atoms with Gasteiger partial charge in [0.05, 0.1) is 13.2 Å². The standard InChI is InChI=1S/C18H25NO3/c1-5-13(20)10-15-18(2)8-9-19(3)11-12-6-7-14(21-4)17(22-15)16(12)18/h5-7,13,15,20H,1,8-11H2,2-4H3/t13-,15+,18+/m1/s1. The topological polar surface area (TPSA) is 41.9 Å². The molecule has 0 unspecified atom stereocenters. The highest BCUT2D eigenvalue weighted by Crippen LogP contribution is 2.53. The third-order valence-electron chi connectivity index (χ3n) is 5.15. The summed E-state index contributed by atoms with van der Waals surface area (Å²) >= 11 is 0. The second-order valence-electron chi connectivity index (χ2n) is 6.68. The third kappa shape index (κ3) is 2.31. The van der Waals surface area contributed by atoms with Gasteiger partial charge in [0, 0.05) is 23.9 Å². The first kappa shape index (κ1) is 15.4. The molecule has 4 nitrogen and oxygen atoms in total. The number of methoxy groups -OCH3 is 1. The van der Waals surface area contributed by atoms with E-state index in [4.69, 9.17) is 9.47 Å². The zero-order valence-corrected chi connectivity index (χ0v) is 13.6. The summed E-state index contributed by atoms with van der Waals surface area (Å²) in [6.07, 6.45) is 2.53. The maximum Gasteiger partial charge on any atom is 0.165 e. The summed E-state index contributed by atoms with van der Waals surface area (Å²) in [5.74, 6) is 1.64. The largest absolute Gasteiger partial charge is 0.493 e. The fourth-order valence-electron chi connectivity index (χ4n) is 3.78. The van der Waals surface area contributed by atoms with Crippen molar-refractivity contribution in [1.82, 2.24) is 4.90 Å². The van der Waals surface area contributed by atoms with E-state index < -0.39 is 6.10 Å². The van der Waals surface area contributed by atoms with Gasteiger partial charge in [0.1, 0.15) is 6.10 Å². The van der Waals surface area contributed by atoms with Gasteiger partial charge in [-0.2, -0.15) is 0 Å². The molecular weight excluding hydrogens is 278 g/mol. The van der Waals surface area contributed by atoms with Gasteiger partial charge in [0.2, 0.25) is 0 Å². The summed E-state index contributed by atoms with van der Waals surface area (Å²) in [5.41, 5.74) is 2.46. The molecule has 1 N–H and O–H groups in total. The second-order valence-corrected chi connectivity index (χ2v) is 6.68. The van der Waals surface area contributed by atoms with Crippen molar-refractivity contribution < 1.29 is 14.6 Å². The van der Waals surface area contributed by atoms with Crippen molar-refractivity contribution in [3.05, 3.63) is 35.9 Å². The fraction of sp³-hybridized carbons (Fsp3) is 0.556. The van der Waals surface area contributed by atoms with Gasteiger partial charge < -0.3 is 19.5 Å². The molecule has 22 heavy (non-hydrogen) atoms. The van der Waals surface area contributed by atoms with Crippen LogP contribution >= 0.6 is 0 Å². The van der Waals surface area contributed by atoms with Gasteiger partial charge in [-0.1, -0.05) is 19.1 Å². The van der Waals surface area contributed by atoms with Gasteiger partial charge in [-0.15, -0.1) is 6.58 Å². The van der Waals surface area contributed by atoms with Crippen LogP contribution in [-0.2, 0) is 12.0 Å². The lowest BCUT2D eigenvalue weighted by Gasteiger charge is -2.31. The van der Waals surface area contributed by atoms with Crippen molar-refractivity contribution in [2.75, 3.05) is 20.7 Å². The Morgan fingerprint density at radius 1 is 1.59 bits per heavy atom. The number of nitrogens with zero attached hydrogens (tertiary/aromatic N) is 1. The number of benzene rings is 1. The van der Waals surface area contributed by atoms with E-state index in [1.807, 2.05) is 6.07 Å². The van der Waals surface area contributed by atoms with Crippen molar-refractivity contribution >= 4 is 0 Å². The summed E-state index contributed by atoms with van der Waals surface area (Å²) in [4.78, 5) is 2.34. The van der Waals surface area contributed by atoms with Crippen molar-refractivity contribution in [3.63, 3.8) is 0 Å². The normalized spacial score (nSPS) is 28.5. The minimum atomic E-state index is -0.549. The summed E-state index contributed by atoms with van der Waals surface area (Å²) in [6.45, 7) is 7.86. The molecule has 2 heterocycles. The molecule has 0 saturated heterocycles. The van der Waals surface area contributed by atoms with E-state index in [1.54, 1.807) is 13.2 Å². The van der Waals surface area contributed by atoms with Crippen LogP contribution in [0.1, 0.15) is 30.9 Å². The lowest BCUT2D eigenvalue weighted by molar-refractivity contribution is 0.0839. The van der Waals surface area contributed by atoms with Crippen LogP contribution in [0.15, 0.2) is 24.8 Å². The van der Waals surface area contributed by atoms with Crippen LogP contribution < -0.4 is 9.47 Å². The first-order chi connectivity index (χ1) is 10.5. The molecule has 0 spiro atoms. The minimum absolute atomic E-state index is 0.0583. The van der Waals surface area contributed by atoms with Gasteiger partial charge in [-0.25, -0.2) is 0 Å². The lowest BCUT2D eigenvalue weighted by Crippen LogP contribution is -2.39. The lowest BCUT2D eigenvalue weighted by atomic mass is 9.73. The van der Waals surface area contributed by atoms with Crippen molar-refractivity contribution in [2.45, 2.75) is 43.9 Å². The Morgan fingerprint density at radius 3 is 3.05 bits per heavy atom. The molecule has 4 heteroatoms. The van der Waals surface area contributed by atoms with Gasteiger partial charge in [-0.05, 0) is 31.6 Å². The molecule has 0 bridgehead atoms. The van der Waals surface area contributed by atoms with Gasteiger partial charge >= 0.3 is 0 Å². The van der Waals surface area contributed by atoms with Crippen LogP contribution in [0.4, 0.5) is 0 Å². The highest BCUT2D eigenvalue weighted by Gasteiger charge is 2.49. The monoisotopic (exact) mass is 303 g/mol. The fourth-order valence-corrected chi connectivity index (χ4v) is 3.78. The first-order valence-corrected chi connectivity index (χ1v) is 7.85. The highest BCUT2D eigenvalue weighted by atomic mass is 16.5. The van der Waals surface area contributed by atoms with Crippen LogP contribution in [-0.4, -0.2) is 42.9 Å². The molecule has 0 saturated carbocycles. The quantitative estimate of drug-likeness (QED) is 0.868. The molecule has 0 radical (unpaired) electrons. The van der Waals surface area contributed by atoms with Gasteiger partial charge in [0.25, 0.3) is 0 Å². The number of hydrogen-bond acceptors (Lipinski definition) is 4. The zero-order valence-electron chi connectivity index (χ0n) is 13.6. The molecule has 0 amide bonds. The maximum atomic E-state index is 10.0. The van der Waals surface area contributed by atoms with Crippen molar-refractivity contribution in [2.24, 2.45) is 0 Å². The Kier molecular flexibility index (Phi) is 3.91. The average Bonchev–Trinajstić information content (AvgIpc) is 2.71. The molecule has 3 atom stereocenters. The SMILES string of the molecule is C=C[C@@H](O)C[C@@H]1Oc2c(OC)ccc3c2[C@@]1(C)CCN(C)C3. The molecule has 2 aliphatic rings. The maximum absolute atomic E-state index is 10.0. The summed E-state index contributed by atoms with van der Waals surface area (Å²) in [5, 5.41) is 10.0. The Labute approximate surface area is 132 Å². The van der Waals surface area contributed by atoms with E-state index in [0.717, 1.165) is 31.0 Å². The Balaban J connectivity index is 2.09. The van der Waals surface area contributed by atoms with E-state index >= 15 is 0 Å². The molecule has 1 aromatic rings. The average molecular weight is 303 g/mol. The molecule has 0 aromatic heterocycles. The number of rotatable bonds is 4. The smallest absolute Gasteiger partial charge is 0.165 e. The van der Waals surface area contributed by atoms with Crippen molar-refractivity contribution in [1.29, 1.82) is 0 Å². The molecule has 0 fully saturated rings. The highest BCUT2D eigenvalue weighted by molar-refractivity contribution is 5.58. The van der Waals surface area contributed by atoms with Gasteiger partial charge in [-0.3, -0.25) is 0 Å². The van der Waals surface area contributed by atoms with E-state index in [9.17, 15) is 5.11 Å². The van der Waals surface area contributed by atoms with Crippen molar-refractivity contribution in [3.8, 4) is 11.5 Å². The Hall–Kier alpha value is -1.52. The summed E-state index contributed by atoms with van der Waals surface area (Å²) in [6, 6.07) is 4.13. The molecule has 1 aromatic carbocycles. The number of aliphatic hydroxyl groups is 1. The number of aliphatic hydroxyl groups excluding tert-OH is 1. The van der Waals surface area contributed by atoms with Gasteiger partial charge in [0.15, 0.2) is 11.5 Å². The van der Waals surface area contributed by atoms with Crippen LogP contribution in [0.2, 0.25) is 0 Å². The molecule has 2 aliphatic heterocycles. The van der Waals surface area contributed by atoms with Crippen LogP contribution in [0.5, 0.6) is 11.5 Å². The first-order valence-electron chi connectivity index (χ1n) is 7.85. The second kappa shape index (κ2) is 5.60. The van der Waals surface area contributed by atoms with Crippen LogP contribution in [0, 0.1) is 0 Å². The minimum Gasteiger partial charge on any atom is -0.493 e. The van der Waals surface area contributed by atoms with E-state index in [1.165, 1.54) is 11.1 Å². The summed E-state index contributed by atoms with van der Waals surface area (Å²) < 4.78 is 11.8. The third-order valence-corrected chi connectivity index (χ3v) is 5.15. The predicted molar refractivity (Wildman–Crippen MR) is 86.5 cm³/mol. The molecule has 0 aliphatic carbocycles. The number of ether oxygens (including phenoxy) is 2. The van der Waals surface area contributed by atoms with E-state index in [2.05, 4.69) is 31.5 Å². The van der Waals surface area contributed by atoms with Crippen LogP contribution in [0.3, 0.4) is 0 Å². The Bertz CT molecular complexity index is 586. The zero-order chi connectivity index (χ0) is 15.9. The molecular formula is C18H25NO3. The Morgan fingerprint density at radius 2 is 2.36 bits per heavy atom. The van der Waals surface area contributed by atoms with Crippen LogP contribution in [0.25, 0.3) is 0 Å². The predicted octanol–water partition coefficient (Wildman–Crippen LogP) is 2.49. The molecule has 3 rings (SSSR count). The van der Waals surface area contributed by atoms with E-state index in [0.29, 0.717) is 6.42 Å². The number of hydrogen-bond donors (Lipinski definition) is 1. The molecule has 120 valence electrons. The summed E-state index contributed by atoms with van der Waals surface area (Å²) in [7, 11) is 3.82.